The lowest BCUT2D eigenvalue weighted by Crippen LogP contribution is -2.04. The molecule has 1 aromatic carbocycles. The predicted octanol–water partition coefficient (Wildman–Crippen LogP) is 1.97. The Bertz CT molecular complexity index is 613. The zero-order valence-electron chi connectivity index (χ0n) is 11.6. The van der Waals surface area contributed by atoms with Gasteiger partial charge in [0, 0.05) is 18.1 Å². The van der Waals surface area contributed by atoms with Crippen LogP contribution in [0.3, 0.4) is 0 Å². The van der Waals surface area contributed by atoms with E-state index < -0.39 is 0 Å². The minimum atomic E-state index is -0.246. The van der Waals surface area contributed by atoms with Crippen LogP contribution < -0.4 is 0 Å². The molecule has 19 heavy (non-hydrogen) atoms. The third-order valence-corrected chi connectivity index (χ3v) is 3.41. The molecule has 1 N–H and O–H groups in total. The summed E-state index contributed by atoms with van der Waals surface area (Å²) >= 11 is 0. The average Bonchev–Trinajstić information content (AvgIpc) is 2.74. The standard InChI is InChI=1S/C15H19NO3/c1-10-4-5-11(2)15-14(10)12(8-13(18)19-3)9-16(15)6-7-17/h4-5,9,17H,6-8H2,1-3H3. The lowest BCUT2D eigenvalue weighted by atomic mass is 10.0. The van der Waals surface area contributed by atoms with Crippen LogP contribution in [0.15, 0.2) is 18.3 Å². The van der Waals surface area contributed by atoms with E-state index in [1.807, 2.05) is 24.6 Å². The zero-order chi connectivity index (χ0) is 14.0. The molecule has 0 aliphatic rings. The number of aryl methyl sites for hydroxylation is 2. The smallest absolute Gasteiger partial charge is 0.310 e. The molecule has 1 heterocycles. The first-order chi connectivity index (χ1) is 9.08. The van der Waals surface area contributed by atoms with Crippen molar-refractivity contribution in [2.45, 2.75) is 26.8 Å². The molecule has 0 unspecified atom stereocenters. The maximum atomic E-state index is 11.5. The predicted molar refractivity (Wildman–Crippen MR) is 74.2 cm³/mol. The fourth-order valence-electron chi connectivity index (χ4n) is 2.53. The fraction of sp³-hybridized carbons (Fsp3) is 0.400. The average molecular weight is 261 g/mol. The maximum Gasteiger partial charge on any atom is 0.310 e. The maximum absolute atomic E-state index is 11.5. The molecule has 0 amide bonds. The molecular formula is C15H19NO3. The summed E-state index contributed by atoms with van der Waals surface area (Å²) < 4.78 is 6.75. The summed E-state index contributed by atoms with van der Waals surface area (Å²) in [4.78, 5) is 11.5. The van der Waals surface area contributed by atoms with E-state index in [4.69, 9.17) is 9.84 Å². The summed E-state index contributed by atoms with van der Waals surface area (Å²) in [6.07, 6.45) is 2.20. The van der Waals surface area contributed by atoms with Gasteiger partial charge in [-0.1, -0.05) is 12.1 Å². The number of carbonyl (C=O) groups excluding carboxylic acids is 1. The third-order valence-electron chi connectivity index (χ3n) is 3.41. The van der Waals surface area contributed by atoms with Gasteiger partial charge in [0.25, 0.3) is 0 Å². The number of benzene rings is 1. The van der Waals surface area contributed by atoms with Gasteiger partial charge in [-0.3, -0.25) is 4.79 Å². The molecule has 0 saturated heterocycles. The van der Waals surface area contributed by atoms with E-state index in [1.165, 1.54) is 7.11 Å². The first-order valence-electron chi connectivity index (χ1n) is 6.34. The summed E-state index contributed by atoms with van der Waals surface area (Å²) in [7, 11) is 1.40. The van der Waals surface area contributed by atoms with Crippen LogP contribution in [-0.4, -0.2) is 29.4 Å². The van der Waals surface area contributed by atoms with Crippen molar-refractivity contribution in [3.63, 3.8) is 0 Å². The van der Waals surface area contributed by atoms with Gasteiger partial charge in [0.1, 0.15) is 0 Å². The number of ether oxygens (including phenoxy) is 1. The fourth-order valence-corrected chi connectivity index (χ4v) is 2.53. The molecule has 0 aliphatic heterocycles. The van der Waals surface area contributed by atoms with Gasteiger partial charge in [-0.25, -0.2) is 0 Å². The van der Waals surface area contributed by atoms with Crippen LogP contribution in [0.2, 0.25) is 0 Å². The molecule has 102 valence electrons. The number of esters is 1. The molecule has 4 nitrogen and oxygen atoms in total. The van der Waals surface area contributed by atoms with Crippen molar-refractivity contribution in [2.24, 2.45) is 0 Å². The molecule has 4 heteroatoms. The lowest BCUT2D eigenvalue weighted by Gasteiger charge is -2.07. The topological polar surface area (TPSA) is 51.5 Å². The second-order valence-corrected chi connectivity index (χ2v) is 4.75. The number of fused-ring (bicyclic) bond motifs is 1. The Hall–Kier alpha value is -1.81. The van der Waals surface area contributed by atoms with E-state index in [-0.39, 0.29) is 19.0 Å². The Morgan fingerprint density at radius 1 is 1.32 bits per heavy atom. The molecular weight excluding hydrogens is 242 g/mol. The summed E-state index contributed by atoms with van der Waals surface area (Å²) in [5.41, 5.74) is 4.32. The Kier molecular flexibility index (Phi) is 3.90. The Morgan fingerprint density at radius 3 is 2.63 bits per heavy atom. The van der Waals surface area contributed by atoms with Crippen LogP contribution in [0, 0.1) is 13.8 Å². The minimum Gasteiger partial charge on any atom is -0.469 e. The molecule has 0 saturated carbocycles. The summed E-state index contributed by atoms with van der Waals surface area (Å²) in [6.45, 7) is 4.68. The van der Waals surface area contributed by atoms with Gasteiger partial charge >= 0.3 is 5.97 Å². The normalized spacial score (nSPS) is 10.9. The Balaban J connectivity index is 2.64. The van der Waals surface area contributed by atoms with E-state index in [1.54, 1.807) is 0 Å². The number of aliphatic hydroxyl groups excluding tert-OH is 1. The molecule has 1 aromatic heterocycles. The summed E-state index contributed by atoms with van der Waals surface area (Å²) in [5.74, 6) is -0.246. The molecule has 0 aliphatic carbocycles. The van der Waals surface area contributed by atoms with Gasteiger partial charge < -0.3 is 14.4 Å². The van der Waals surface area contributed by atoms with Crippen LogP contribution in [0.5, 0.6) is 0 Å². The Labute approximate surface area is 112 Å². The van der Waals surface area contributed by atoms with Gasteiger partial charge in [-0.2, -0.15) is 0 Å². The number of hydrogen-bond donors (Lipinski definition) is 1. The van der Waals surface area contributed by atoms with Crippen LogP contribution in [0.25, 0.3) is 10.9 Å². The highest BCUT2D eigenvalue weighted by atomic mass is 16.5. The molecule has 0 spiro atoms. The van der Waals surface area contributed by atoms with E-state index >= 15 is 0 Å². The number of rotatable bonds is 4. The second kappa shape index (κ2) is 5.45. The number of aliphatic hydroxyl groups is 1. The number of hydrogen-bond acceptors (Lipinski definition) is 3. The molecule has 0 atom stereocenters. The Morgan fingerprint density at radius 2 is 2.00 bits per heavy atom. The number of aromatic nitrogens is 1. The van der Waals surface area contributed by atoms with Crippen molar-refractivity contribution in [1.29, 1.82) is 0 Å². The van der Waals surface area contributed by atoms with Gasteiger partial charge in [0.15, 0.2) is 0 Å². The number of nitrogens with zero attached hydrogens (tertiary/aromatic N) is 1. The number of carbonyl (C=O) groups is 1. The highest BCUT2D eigenvalue weighted by Crippen LogP contribution is 2.28. The van der Waals surface area contributed by atoms with E-state index in [0.717, 1.165) is 27.6 Å². The highest BCUT2D eigenvalue weighted by molar-refractivity contribution is 5.92. The first kappa shape index (κ1) is 13.6. The molecule has 0 fully saturated rings. The molecule has 0 radical (unpaired) electrons. The van der Waals surface area contributed by atoms with Gasteiger partial charge in [-0.15, -0.1) is 0 Å². The molecule has 0 bridgehead atoms. The minimum absolute atomic E-state index is 0.0782. The molecule has 2 aromatic rings. The summed E-state index contributed by atoms with van der Waals surface area (Å²) in [6, 6.07) is 4.12. The highest BCUT2D eigenvalue weighted by Gasteiger charge is 2.15. The van der Waals surface area contributed by atoms with E-state index in [2.05, 4.69) is 12.1 Å². The largest absolute Gasteiger partial charge is 0.469 e. The van der Waals surface area contributed by atoms with Crippen molar-refractivity contribution < 1.29 is 14.6 Å². The van der Waals surface area contributed by atoms with E-state index in [0.29, 0.717) is 6.54 Å². The van der Waals surface area contributed by atoms with Gasteiger partial charge in [-0.05, 0) is 30.5 Å². The van der Waals surface area contributed by atoms with Gasteiger partial charge in [0.05, 0.1) is 25.7 Å². The van der Waals surface area contributed by atoms with Crippen molar-refractivity contribution in [3.8, 4) is 0 Å². The van der Waals surface area contributed by atoms with Crippen molar-refractivity contribution in [1.82, 2.24) is 4.57 Å². The first-order valence-corrected chi connectivity index (χ1v) is 6.34. The monoisotopic (exact) mass is 261 g/mol. The molecule has 2 rings (SSSR count). The van der Waals surface area contributed by atoms with E-state index in [9.17, 15) is 4.79 Å². The van der Waals surface area contributed by atoms with Crippen molar-refractivity contribution in [2.75, 3.05) is 13.7 Å². The lowest BCUT2D eigenvalue weighted by molar-refractivity contribution is -0.139. The van der Waals surface area contributed by atoms with Crippen LogP contribution in [0.4, 0.5) is 0 Å². The van der Waals surface area contributed by atoms with Crippen LogP contribution in [0.1, 0.15) is 16.7 Å². The third kappa shape index (κ3) is 2.49. The quantitative estimate of drug-likeness (QED) is 0.856. The van der Waals surface area contributed by atoms with Crippen LogP contribution >= 0.6 is 0 Å². The SMILES string of the molecule is COC(=O)Cc1cn(CCO)c2c(C)ccc(C)c12. The summed E-state index contributed by atoms with van der Waals surface area (Å²) in [5, 5.41) is 10.3. The van der Waals surface area contributed by atoms with Crippen molar-refractivity contribution in [3.05, 3.63) is 35.0 Å². The zero-order valence-corrected chi connectivity index (χ0v) is 11.6. The van der Waals surface area contributed by atoms with Crippen LogP contribution in [-0.2, 0) is 22.5 Å². The second-order valence-electron chi connectivity index (χ2n) is 4.75. The number of methoxy groups -OCH3 is 1. The van der Waals surface area contributed by atoms with Crippen molar-refractivity contribution >= 4 is 16.9 Å². The van der Waals surface area contributed by atoms with Gasteiger partial charge in [0.2, 0.25) is 0 Å².